The van der Waals surface area contributed by atoms with E-state index in [-0.39, 0.29) is 6.54 Å². The highest BCUT2D eigenvalue weighted by atomic mass is 16.3. The van der Waals surface area contributed by atoms with Crippen LogP contribution in [0.1, 0.15) is 11.7 Å². The van der Waals surface area contributed by atoms with Gasteiger partial charge in [-0.15, -0.1) is 0 Å². The standard InChI is InChI=1S/C10H14N4O2/c1-12-8-4-2-3-7(5-8)10(16)9(15)6-13-14-11/h2-5,9-10,12,15-16H,6H2,1H3. The Morgan fingerprint density at radius 1 is 1.50 bits per heavy atom. The fourth-order valence-corrected chi connectivity index (χ4v) is 1.32. The smallest absolute Gasteiger partial charge is 0.105 e. The second-order valence-electron chi connectivity index (χ2n) is 3.30. The van der Waals surface area contributed by atoms with Crippen molar-refractivity contribution in [2.24, 2.45) is 5.11 Å². The SMILES string of the molecule is CNc1cccc(C(O)C(O)CN=[N+]=[N-])c1. The van der Waals surface area contributed by atoms with Crippen LogP contribution in [0, 0.1) is 0 Å². The fourth-order valence-electron chi connectivity index (χ4n) is 1.32. The summed E-state index contributed by atoms with van der Waals surface area (Å²) in [5, 5.41) is 25.5. The summed E-state index contributed by atoms with van der Waals surface area (Å²) in [5.74, 6) is 0. The van der Waals surface area contributed by atoms with E-state index in [0.29, 0.717) is 5.56 Å². The van der Waals surface area contributed by atoms with Crippen LogP contribution in [0.25, 0.3) is 10.4 Å². The van der Waals surface area contributed by atoms with Gasteiger partial charge in [0.15, 0.2) is 0 Å². The maximum atomic E-state index is 9.77. The van der Waals surface area contributed by atoms with E-state index in [2.05, 4.69) is 15.3 Å². The average molecular weight is 222 g/mol. The maximum Gasteiger partial charge on any atom is 0.105 e. The Morgan fingerprint density at radius 2 is 2.25 bits per heavy atom. The zero-order valence-corrected chi connectivity index (χ0v) is 8.91. The molecule has 0 aliphatic rings. The zero-order chi connectivity index (χ0) is 12.0. The number of benzene rings is 1. The molecule has 0 aliphatic heterocycles. The second-order valence-corrected chi connectivity index (χ2v) is 3.30. The van der Waals surface area contributed by atoms with E-state index in [4.69, 9.17) is 5.53 Å². The Morgan fingerprint density at radius 3 is 2.88 bits per heavy atom. The first kappa shape index (κ1) is 12.3. The summed E-state index contributed by atoms with van der Waals surface area (Å²) >= 11 is 0. The Balaban J connectivity index is 2.78. The lowest BCUT2D eigenvalue weighted by molar-refractivity contribution is 0.0244. The lowest BCUT2D eigenvalue weighted by atomic mass is 10.0. The second kappa shape index (κ2) is 5.97. The van der Waals surface area contributed by atoms with Gasteiger partial charge in [0, 0.05) is 17.6 Å². The Bertz CT molecular complexity index is 390. The van der Waals surface area contributed by atoms with Crippen molar-refractivity contribution < 1.29 is 10.2 Å². The van der Waals surface area contributed by atoms with Crippen LogP contribution in [0.15, 0.2) is 29.4 Å². The molecule has 0 bridgehead atoms. The monoisotopic (exact) mass is 222 g/mol. The minimum absolute atomic E-state index is 0.151. The van der Waals surface area contributed by atoms with E-state index in [1.165, 1.54) is 0 Å². The normalized spacial score (nSPS) is 13.7. The molecular formula is C10H14N4O2. The molecule has 0 aromatic heterocycles. The average Bonchev–Trinajstić information content (AvgIpc) is 2.35. The van der Waals surface area contributed by atoms with Crippen LogP contribution in [0.2, 0.25) is 0 Å². The molecule has 0 saturated heterocycles. The third-order valence-corrected chi connectivity index (χ3v) is 2.21. The minimum Gasteiger partial charge on any atom is -0.390 e. The summed E-state index contributed by atoms with van der Waals surface area (Å²) in [6.45, 7) is -0.151. The molecule has 2 atom stereocenters. The highest BCUT2D eigenvalue weighted by molar-refractivity contribution is 5.45. The zero-order valence-electron chi connectivity index (χ0n) is 8.91. The molecule has 0 spiro atoms. The molecule has 1 aromatic carbocycles. The van der Waals surface area contributed by atoms with Crippen LogP contribution < -0.4 is 5.32 Å². The van der Waals surface area contributed by atoms with Crippen LogP contribution in [0.3, 0.4) is 0 Å². The van der Waals surface area contributed by atoms with E-state index in [0.717, 1.165) is 5.69 Å². The maximum absolute atomic E-state index is 9.77. The first-order valence-corrected chi connectivity index (χ1v) is 4.83. The van der Waals surface area contributed by atoms with Gasteiger partial charge >= 0.3 is 0 Å². The number of hydrogen-bond donors (Lipinski definition) is 3. The van der Waals surface area contributed by atoms with Gasteiger partial charge in [0.1, 0.15) is 6.10 Å². The van der Waals surface area contributed by atoms with Crippen molar-refractivity contribution in [3.63, 3.8) is 0 Å². The number of rotatable bonds is 5. The Kier molecular flexibility index (Phi) is 4.60. The number of aliphatic hydroxyl groups is 2. The Hall–Kier alpha value is -1.75. The van der Waals surface area contributed by atoms with E-state index >= 15 is 0 Å². The van der Waals surface area contributed by atoms with Gasteiger partial charge in [0.2, 0.25) is 0 Å². The highest BCUT2D eigenvalue weighted by Crippen LogP contribution is 2.20. The minimum atomic E-state index is -1.09. The van der Waals surface area contributed by atoms with Gasteiger partial charge in [-0.3, -0.25) is 0 Å². The molecule has 2 unspecified atom stereocenters. The summed E-state index contributed by atoms with van der Waals surface area (Å²) < 4.78 is 0. The number of hydrogen-bond acceptors (Lipinski definition) is 4. The lowest BCUT2D eigenvalue weighted by Crippen LogP contribution is -2.21. The predicted molar refractivity (Wildman–Crippen MR) is 61.0 cm³/mol. The number of anilines is 1. The summed E-state index contributed by atoms with van der Waals surface area (Å²) in [5.41, 5.74) is 9.52. The number of azide groups is 1. The van der Waals surface area contributed by atoms with E-state index in [1.54, 1.807) is 25.2 Å². The largest absolute Gasteiger partial charge is 0.390 e. The van der Waals surface area contributed by atoms with Crippen molar-refractivity contribution in [1.29, 1.82) is 0 Å². The van der Waals surface area contributed by atoms with Gasteiger partial charge in [-0.2, -0.15) is 0 Å². The van der Waals surface area contributed by atoms with Gasteiger partial charge in [-0.1, -0.05) is 17.2 Å². The quantitative estimate of drug-likeness (QED) is 0.399. The first-order chi connectivity index (χ1) is 7.69. The van der Waals surface area contributed by atoms with Crippen molar-refractivity contribution in [1.82, 2.24) is 0 Å². The van der Waals surface area contributed by atoms with E-state index in [1.807, 2.05) is 6.07 Å². The van der Waals surface area contributed by atoms with Crippen molar-refractivity contribution in [2.45, 2.75) is 12.2 Å². The molecule has 6 heteroatoms. The van der Waals surface area contributed by atoms with Gasteiger partial charge in [0.25, 0.3) is 0 Å². The summed E-state index contributed by atoms with van der Waals surface area (Å²) in [6.07, 6.45) is -2.15. The summed E-state index contributed by atoms with van der Waals surface area (Å²) in [7, 11) is 1.77. The molecule has 1 aromatic rings. The molecule has 0 radical (unpaired) electrons. The molecule has 3 N–H and O–H groups in total. The van der Waals surface area contributed by atoms with Crippen LogP contribution in [-0.2, 0) is 0 Å². The predicted octanol–water partition coefficient (Wildman–Crippen LogP) is 1.43. The first-order valence-electron chi connectivity index (χ1n) is 4.83. The molecule has 0 fully saturated rings. The van der Waals surface area contributed by atoms with Crippen molar-refractivity contribution in [3.8, 4) is 0 Å². The van der Waals surface area contributed by atoms with Gasteiger partial charge in [-0.05, 0) is 23.2 Å². The highest BCUT2D eigenvalue weighted by Gasteiger charge is 2.17. The molecule has 1 rings (SSSR count). The van der Waals surface area contributed by atoms with Crippen molar-refractivity contribution >= 4 is 5.69 Å². The van der Waals surface area contributed by atoms with Crippen LogP contribution >= 0.6 is 0 Å². The summed E-state index contributed by atoms with van der Waals surface area (Å²) in [6, 6.07) is 7.04. The lowest BCUT2D eigenvalue weighted by Gasteiger charge is -2.16. The van der Waals surface area contributed by atoms with Crippen LogP contribution in [-0.4, -0.2) is 29.9 Å². The third kappa shape index (κ3) is 3.13. The molecule has 0 saturated carbocycles. The van der Waals surface area contributed by atoms with E-state index in [9.17, 15) is 10.2 Å². The number of aliphatic hydroxyl groups excluding tert-OH is 2. The number of nitrogens with one attached hydrogen (secondary N) is 1. The summed E-state index contributed by atoms with van der Waals surface area (Å²) in [4.78, 5) is 2.53. The topological polar surface area (TPSA) is 101 Å². The van der Waals surface area contributed by atoms with Crippen molar-refractivity contribution in [3.05, 3.63) is 40.3 Å². The van der Waals surface area contributed by atoms with Gasteiger partial charge in [-0.25, -0.2) is 0 Å². The molecule has 0 amide bonds. The Labute approximate surface area is 93.2 Å². The molecule has 0 heterocycles. The molecule has 16 heavy (non-hydrogen) atoms. The van der Waals surface area contributed by atoms with Crippen molar-refractivity contribution in [2.75, 3.05) is 18.9 Å². The molecule has 6 nitrogen and oxygen atoms in total. The fraction of sp³-hybridized carbons (Fsp3) is 0.400. The van der Waals surface area contributed by atoms with Gasteiger partial charge in [0.05, 0.1) is 12.6 Å². The van der Waals surface area contributed by atoms with E-state index < -0.39 is 12.2 Å². The van der Waals surface area contributed by atoms with Crippen LogP contribution in [0.4, 0.5) is 5.69 Å². The third-order valence-electron chi connectivity index (χ3n) is 2.21. The molecule has 86 valence electrons. The van der Waals surface area contributed by atoms with Gasteiger partial charge < -0.3 is 15.5 Å². The number of nitrogens with zero attached hydrogens (tertiary/aromatic N) is 3. The van der Waals surface area contributed by atoms with Crippen LogP contribution in [0.5, 0.6) is 0 Å². The molecular weight excluding hydrogens is 208 g/mol. The molecule has 0 aliphatic carbocycles.